The topological polar surface area (TPSA) is 26.3 Å². The Bertz CT molecular complexity index is 413. The molecule has 0 N–H and O–H groups in total. The SMILES string of the molecule is CCC(=O)OC(C)Cc1ccccc1C(F)(F)F. The highest BCUT2D eigenvalue weighted by atomic mass is 19.4. The number of ether oxygens (including phenoxy) is 1. The van der Waals surface area contributed by atoms with E-state index in [0.29, 0.717) is 0 Å². The minimum atomic E-state index is -4.38. The maximum Gasteiger partial charge on any atom is 0.416 e. The first-order valence-corrected chi connectivity index (χ1v) is 5.69. The molecule has 0 aliphatic carbocycles. The van der Waals surface area contributed by atoms with Gasteiger partial charge < -0.3 is 4.74 Å². The zero-order chi connectivity index (χ0) is 13.8. The molecule has 0 amide bonds. The van der Waals surface area contributed by atoms with Crippen molar-refractivity contribution in [1.82, 2.24) is 0 Å². The third-order valence-electron chi connectivity index (χ3n) is 2.45. The van der Waals surface area contributed by atoms with Crippen LogP contribution in [0, 0.1) is 0 Å². The second-order valence-electron chi connectivity index (χ2n) is 4.01. The van der Waals surface area contributed by atoms with Crippen molar-refractivity contribution in [2.75, 3.05) is 0 Å². The minimum Gasteiger partial charge on any atom is -0.462 e. The molecule has 100 valence electrons. The number of benzene rings is 1. The molecule has 0 heterocycles. The van der Waals surface area contributed by atoms with Crippen LogP contribution in [-0.4, -0.2) is 12.1 Å². The molecule has 0 aliphatic rings. The van der Waals surface area contributed by atoms with Gasteiger partial charge in [-0.05, 0) is 18.6 Å². The normalized spacial score (nSPS) is 13.2. The molecule has 5 heteroatoms. The summed E-state index contributed by atoms with van der Waals surface area (Å²) in [4.78, 5) is 11.0. The molecule has 0 aromatic heterocycles. The van der Waals surface area contributed by atoms with E-state index in [9.17, 15) is 18.0 Å². The number of hydrogen-bond acceptors (Lipinski definition) is 2. The number of carbonyl (C=O) groups is 1. The smallest absolute Gasteiger partial charge is 0.416 e. The first-order chi connectivity index (χ1) is 8.34. The summed E-state index contributed by atoms with van der Waals surface area (Å²) in [7, 11) is 0. The zero-order valence-corrected chi connectivity index (χ0v) is 10.3. The molecule has 0 aliphatic heterocycles. The number of carbonyl (C=O) groups excluding carboxylic acids is 1. The van der Waals surface area contributed by atoms with Crippen LogP contribution < -0.4 is 0 Å². The van der Waals surface area contributed by atoms with Gasteiger partial charge in [0.25, 0.3) is 0 Å². The lowest BCUT2D eigenvalue weighted by Crippen LogP contribution is -2.19. The van der Waals surface area contributed by atoms with Gasteiger partial charge in [-0.2, -0.15) is 13.2 Å². The molecule has 0 spiro atoms. The zero-order valence-electron chi connectivity index (χ0n) is 10.3. The van der Waals surface area contributed by atoms with Crippen LogP contribution in [0.5, 0.6) is 0 Å². The Morgan fingerprint density at radius 2 is 1.94 bits per heavy atom. The van der Waals surface area contributed by atoms with Crippen molar-refractivity contribution in [3.63, 3.8) is 0 Å². The van der Waals surface area contributed by atoms with E-state index in [2.05, 4.69) is 0 Å². The van der Waals surface area contributed by atoms with E-state index in [4.69, 9.17) is 4.74 Å². The second-order valence-corrected chi connectivity index (χ2v) is 4.01. The van der Waals surface area contributed by atoms with Crippen molar-refractivity contribution in [2.24, 2.45) is 0 Å². The van der Waals surface area contributed by atoms with E-state index in [1.165, 1.54) is 12.1 Å². The Morgan fingerprint density at radius 1 is 1.33 bits per heavy atom. The molecule has 1 aromatic rings. The Kier molecular flexibility index (Phi) is 4.76. The van der Waals surface area contributed by atoms with Crippen molar-refractivity contribution in [3.05, 3.63) is 35.4 Å². The Morgan fingerprint density at radius 3 is 2.50 bits per heavy atom. The maximum atomic E-state index is 12.7. The van der Waals surface area contributed by atoms with Crippen LogP contribution in [0.2, 0.25) is 0 Å². The Balaban J connectivity index is 2.81. The van der Waals surface area contributed by atoms with Crippen molar-refractivity contribution >= 4 is 5.97 Å². The first-order valence-electron chi connectivity index (χ1n) is 5.69. The highest BCUT2D eigenvalue weighted by molar-refractivity contribution is 5.69. The molecule has 18 heavy (non-hydrogen) atoms. The van der Waals surface area contributed by atoms with Crippen LogP contribution in [0.1, 0.15) is 31.4 Å². The van der Waals surface area contributed by atoms with Gasteiger partial charge in [0.15, 0.2) is 0 Å². The van der Waals surface area contributed by atoms with Crippen LogP contribution in [0.15, 0.2) is 24.3 Å². The summed E-state index contributed by atoms with van der Waals surface area (Å²) in [5, 5.41) is 0. The molecule has 0 radical (unpaired) electrons. The third-order valence-corrected chi connectivity index (χ3v) is 2.45. The fourth-order valence-corrected chi connectivity index (χ4v) is 1.63. The number of esters is 1. The van der Waals surface area contributed by atoms with Gasteiger partial charge in [0.1, 0.15) is 6.10 Å². The van der Waals surface area contributed by atoms with Crippen molar-refractivity contribution < 1.29 is 22.7 Å². The van der Waals surface area contributed by atoms with Crippen LogP contribution in [0.4, 0.5) is 13.2 Å². The molecule has 0 saturated heterocycles. The molecule has 1 rings (SSSR count). The number of hydrogen-bond donors (Lipinski definition) is 0. The molecular formula is C13H15F3O2. The fraction of sp³-hybridized carbons (Fsp3) is 0.462. The molecule has 2 nitrogen and oxygen atoms in total. The van der Waals surface area contributed by atoms with Crippen molar-refractivity contribution in [1.29, 1.82) is 0 Å². The third kappa shape index (κ3) is 4.05. The molecule has 1 aromatic carbocycles. The van der Waals surface area contributed by atoms with E-state index >= 15 is 0 Å². The van der Waals surface area contributed by atoms with Gasteiger partial charge in [0.05, 0.1) is 5.56 Å². The molecule has 0 bridgehead atoms. The number of rotatable bonds is 4. The van der Waals surface area contributed by atoms with Gasteiger partial charge in [-0.3, -0.25) is 4.79 Å². The lowest BCUT2D eigenvalue weighted by Gasteiger charge is -2.16. The van der Waals surface area contributed by atoms with E-state index < -0.39 is 23.8 Å². The van der Waals surface area contributed by atoms with Crippen molar-refractivity contribution in [3.8, 4) is 0 Å². The summed E-state index contributed by atoms with van der Waals surface area (Å²) < 4.78 is 43.1. The molecule has 1 unspecified atom stereocenters. The monoisotopic (exact) mass is 260 g/mol. The standard InChI is InChI=1S/C13H15F3O2/c1-3-12(17)18-9(2)8-10-6-4-5-7-11(10)13(14,15)16/h4-7,9H,3,8H2,1-2H3. The van der Waals surface area contributed by atoms with E-state index in [-0.39, 0.29) is 18.4 Å². The van der Waals surface area contributed by atoms with Crippen molar-refractivity contribution in [2.45, 2.75) is 39.0 Å². The lowest BCUT2D eigenvalue weighted by atomic mass is 10.0. The summed E-state index contributed by atoms with van der Waals surface area (Å²) in [6.45, 7) is 3.22. The van der Waals surface area contributed by atoms with Gasteiger partial charge in [-0.1, -0.05) is 25.1 Å². The largest absolute Gasteiger partial charge is 0.462 e. The number of alkyl halides is 3. The van der Waals surface area contributed by atoms with Gasteiger partial charge in [0, 0.05) is 12.8 Å². The predicted molar refractivity (Wildman–Crippen MR) is 61.0 cm³/mol. The highest BCUT2D eigenvalue weighted by Gasteiger charge is 2.33. The van der Waals surface area contributed by atoms with Gasteiger partial charge in [-0.15, -0.1) is 0 Å². The van der Waals surface area contributed by atoms with Gasteiger partial charge in [0.2, 0.25) is 0 Å². The summed E-state index contributed by atoms with van der Waals surface area (Å²) in [6, 6.07) is 5.32. The maximum absolute atomic E-state index is 12.7. The molecule has 0 fully saturated rings. The van der Waals surface area contributed by atoms with Crippen LogP contribution in [0.3, 0.4) is 0 Å². The predicted octanol–water partition coefficient (Wildman–Crippen LogP) is 3.59. The quantitative estimate of drug-likeness (QED) is 0.773. The molecular weight excluding hydrogens is 245 g/mol. The van der Waals surface area contributed by atoms with Crippen LogP contribution in [0.25, 0.3) is 0 Å². The first kappa shape index (κ1) is 14.5. The summed E-state index contributed by atoms with van der Waals surface area (Å²) in [5.74, 6) is -0.410. The van der Waals surface area contributed by atoms with Crippen LogP contribution in [-0.2, 0) is 22.1 Å². The number of halogens is 3. The lowest BCUT2D eigenvalue weighted by molar-refractivity contribution is -0.147. The Hall–Kier alpha value is -1.52. The summed E-state index contributed by atoms with van der Waals surface area (Å²) in [5.41, 5.74) is -0.536. The van der Waals surface area contributed by atoms with Gasteiger partial charge >= 0.3 is 12.1 Å². The second kappa shape index (κ2) is 5.89. The van der Waals surface area contributed by atoms with Crippen LogP contribution >= 0.6 is 0 Å². The van der Waals surface area contributed by atoms with Gasteiger partial charge in [-0.25, -0.2) is 0 Å². The Labute approximate surface area is 104 Å². The average Bonchev–Trinajstić information content (AvgIpc) is 2.27. The highest BCUT2D eigenvalue weighted by Crippen LogP contribution is 2.32. The van der Waals surface area contributed by atoms with E-state index in [1.54, 1.807) is 19.9 Å². The average molecular weight is 260 g/mol. The minimum absolute atomic E-state index is 0.0570. The summed E-state index contributed by atoms with van der Waals surface area (Å²) in [6.07, 6.45) is -4.68. The van der Waals surface area contributed by atoms with E-state index in [1.807, 2.05) is 0 Å². The molecule has 0 saturated carbocycles. The molecule has 1 atom stereocenters. The van der Waals surface area contributed by atoms with E-state index in [0.717, 1.165) is 6.07 Å². The summed E-state index contributed by atoms with van der Waals surface area (Å²) >= 11 is 0. The fourth-order valence-electron chi connectivity index (χ4n) is 1.63.